The molecule has 0 aromatic heterocycles. The Labute approximate surface area is 130 Å². The van der Waals surface area contributed by atoms with E-state index in [1.165, 1.54) is 17.9 Å². The lowest BCUT2D eigenvalue weighted by molar-refractivity contribution is 0.415. The fourth-order valence-electron chi connectivity index (χ4n) is 2.20. The first kappa shape index (κ1) is 16.2. The van der Waals surface area contributed by atoms with Crippen LogP contribution in [0, 0.1) is 11.6 Å². The van der Waals surface area contributed by atoms with Crippen molar-refractivity contribution in [3.8, 4) is 16.9 Å². The molecule has 2 aromatic carbocycles. The molecule has 0 fully saturated rings. The zero-order valence-electron chi connectivity index (χ0n) is 12.9. The molecule has 0 bridgehead atoms. The van der Waals surface area contributed by atoms with Crippen LogP contribution in [0.1, 0.15) is 32.3 Å². The molecular formula is C19H20F2O. The van der Waals surface area contributed by atoms with E-state index in [2.05, 4.69) is 6.92 Å². The van der Waals surface area contributed by atoms with Crippen LogP contribution in [0.25, 0.3) is 11.1 Å². The van der Waals surface area contributed by atoms with E-state index in [-0.39, 0.29) is 11.3 Å². The standard InChI is InChI=1S/C19H20F2O/c1-3-5-13-22-17-12-11-16(18(20)19(17)21)15-9-7-14(6-4-2)8-10-15/h5,7-13H,3-4,6H2,1-2H3/b13-5+. The summed E-state index contributed by atoms with van der Waals surface area (Å²) in [5.41, 5.74) is 2.09. The second-order valence-electron chi connectivity index (χ2n) is 5.08. The van der Waals surface area contributed by atoms with E-state index < -0.39 is 11.6 Å². The quantitative estimate of drug-likeness (QED) is 0.605. The maximum Gasteiger partial charge on any atom is 0.201 e. The molecule has 2 aromatic rings. The third-order valence-electron chi connectivity index (χ3n) is 3.38. The number of hydrogen-bond donors (Lipinski definition) is 0. The lowest BCUT2D eigenvalue weighted by Crippen LogP contribution is -1.95. The van der Waals surface area contributed by atoms with Crippen molar-refractivity contribution in [2.45, 2.75) is 33.1 Å². The first-order valence-electron chi connectivity index (χ1n) is 7.56. The van der Waals surface area contributed by atoms with E-state index in [9.17, 15) is 8.78 Å². The lowest BCUT2D eigenvalue weighted by atomic mass is 10.0. The molecule has 0 saturated carbocycles. The Morgan fingerprint density at radius 2 is 1.68 bits per heavy atom. The molecule has 0 atom stereocenters. The van der Waals surface area contributed by atoms with Crippen LogP contribution in [0.5, 0.6) is 5.75 Å². The zero-order valence-corrected chi connectivity index (χ0v) is 12.9. The monoisotopic (exact) mass is 302 g/mol. The van der Waals surface area contributed by atoms with Gasteiger partial charge in [0.1, 0.15) is 0 Å². The van der Waals surface area contributed by atoms with Gasteiger partial charge in [-0.05, 0) is 42.2 Å². The van der Waals surface area contributed by atoms with Crippen LogP contribution in [0.3, 0.4) is 0 Å². The molecule has 22 heavy (non-hydrogen) atoms. The summed E-state index contributed by atoms with van der Waals surface area (Å²) in [6.07, 6.45) is 5.91. The van der Waals surface area contributed by atoms with Crippen molar-refractivity contribution >= 4 is 0 Å². The molecule has 0 N–H and O–H groups in total. The Morgan fingerprint density at radius 1 is 0.955 bits per heavy atom. The number of allylic oxidation sites excluding steroid dienone is 1. The molecular weight excluding hydrogens is 282 g/mol. The molecule has 3 heteroatoms. The van der Waals surface area contributed by atoms with Crippen molar-refractivity contribution in [1.82, 2.24) is 0 Å². The van der Waals surface area contributed by atoms with Gasteiger partial charge in [-0.1, -0.05) is 44.5 Å². The third-order valence-corrected chi connectivity index (χ3v) is 3.38. The predicted octanol–water partition coefficient (Wildman–Crippen LogP) is 5.89. The third kappa shape index (κ3) is 3.73. The van der Waals surface area contributed by atoms with Crippen molar-refractivity contribution in [1.29, 1.82) is 0 Å². The molecule has 0 heterocycles. The smallest absolute Gasteiger partial charge is 0.201 e. The highest BCUT2D eigenvalue weighted by molar-refractivity contribution is 5.65. The zero-order chi connectivity index (χ0) is 15.9. The molecule has 2 rings (SSSR count). The SMILES string of the molecule is CC/C=C/Oc1ccc(-c2ccc(CCC)cc2)c(F)c1F. The Kier molecular flexibility index (Phi) is 5.70. The van der Waals surface area contributed by atoms with Crippen LogP contribution in [0.4, 0.5) is 8.78 Å². The average molecular weight is 302 g/mol. The first-order chi connectivity index (χ1) is 10.7. The predicted molar refractivity (Wildman–Crippen MR) is 85.8 cm³/mol. The lowest BCUT2D eigenvalue weighted by Gasteiger charge is -2.09. The Hall–Kier alpha value is -2.16. The van der Waals surface area contributed by atoms with Crippen LogP contribution in [-0.2, 0) is 6.42 Å². The fraction of sp³-hybridized carbons (Fsp3) is 0.263. The van der Waals surface area contributed by atoms with Gasteiger partial charge in [0.15, 0.2) is 11.6 Å². The van der Waals surface area contributed by atoms with Gasteiger partial charge < -0.3 is 4.74 Å². The van der Waals surface area contributed by atoms with E-state index in [1.54, 1.807) is 12.1 Å². The summed E-state index contributed by atoms with van der Waals surface area (Å²) in [7, 11) is 0. The Morgan fingerprint density at radius 3 is 2.32 bits per heavy atom. The molecule has 0 aliphatic carbocycles. The largest absolute Gasteiger partial charge is 0.462 e. The summed E-state index contributed by atoms with van der Waals surface area (Å²) in [6, 6.07) is 10.5. The Balaban J connectivity index is 2.28. The molecule has 0 aliphatic heterocycles. The van der Waals surface area contributed by atoms with E-state index in [0.29, 0.717) is 5.56 Å². The second-order valence-corrected chi connectivity index (χ2v) is 5.08. The summed E-state index contributed by atoms with van der Waals surface area (Å²) in [4.78, 5) is 0. The highest BCUT2D eigenvalue weighted by Crippen LogP contribution is 2.30. The van der Waals surface area contributed by atoms with Crippen LogP contribution in [-0.4, -0.2) is 0 Å². The van der Waals surface area contributed by atoms with E-state index in [0.717, 1.165) is 19.3 Å². The number of halogens is 2. The second kappa shape index (κ2) is 7.74. The summed E-state index contributed by atoms with van der Waals surface area (Å²) in [6.45, 7) is 4.04. The number of benzene rings is 2. The van der Waals surface area contributed by atoms with Gasteiger partial charge in [-0.15, -0.1) is 0 Å². The summed E-state index contributed by atoms with van der Waals surface area (Å²) in [5.74, 6) is -1.95. The molecule has 0 spiro atoms. The van der Waals surface area contributed by atoms with Crippen molar-refractivity contribution in [2.24, 2.45) is 0 Å². The average Bonchev–Trinajstić information content (AvgIpc) is 2.53. The number of aryl methyl sites for hydroxylation is 1. The van der Waals surface area contributed by atoms with Crippen LogP contribution >= 0.6 is 0 Å². The van der Waals surface area contributed by atoms with Crippen molar-refractivity contribution in [2.75, 3.05) is 0 Å². The van der Waals surface area contributed by atoms with Crippen LogP contribution < -0.4 is 4.74 Å². The fourth-order valence-corrected chi connectivity index (χ4v) is 2.20. The van der Waals surface area contributed by atoms with Gasteiger partial charge in [-0.25, -0.2) is 4.39 Å². The number of hydrogen-bond acceptors (Lipinski definition) is 1. The maximum atomic E-state index is 14.2. The minimum Gasteiger partial charge on any atom is -0.462 e. The minimum absolute atomic E-state index is 0.103. The molecule has 1 nitrogen and oxygen atoms in total. The summed E-state index contributed by atoms with van der Waals surface area (Å²) in [5, 5.41) is 0. The van der Waals surface area contributed by atoms with Gasteiger partial charge in [0, 0.05) is 5.56 Å². The molecule has 0 radical (unpaired) electrons. The summed E-state index contributed by atoms with van der Waals surface area (Å²) >= 11 is 0. The number of rotatable bonds is 6. The van der Waals surface area contributed by atoms with Crippen molar-refractivity contribution in [3.63, 3.8) is 0 Å². The summed E-state index contributed by atoms with van der Waals surface area (Å²) < 4.78 is 33.4. The van der Waals surface area contributed by atoms with Gasteiger partial charge in [0.2, 0.25) is 5.82 Å². The topological polar surface area (TPSA) is 9.23 Å². The van der Waals surface area contributed by atoms with Crippen molar-refractivity contribution in [3.05, 3.63) is 65.9 Å². The number of ether oxygens (including phenoxy) is 1. The van der Waals surface area contributed by atoms with Crippen molar-refractivity contribution < 1.29 is 13.5 Å². The first-order valence-corrected chi connectivity index (χ1v) is 7.56. The van der Waals surface area contributed by atoms with Gasteiger partial charge in [0.25, 0.3) is 0 Å². The molecule has 0 amide bonds. The molecule has 116 valence electrons. The maximum absolute atomic E-state index is 14.2. The molecule has 0 saturated heterocycles. The van der Waals surface area contributed by atoms with Gasteiger partial charge in [-0.3, -0.25) is 0 Å². The van der Waals surface area contributed by atoms with Crippen LogP contribution in [0.2, 0.25) is 0 Å². The minimum atomic E-state index is -0.962. The highest BCUT2D eigenvalue weighted by atomic mass is 19.2. The van der Waals surface area contributed by atoms with E-state index in [4.69, 9.17) is 4.74 Å². The normalized spacial score (nSPS) is 11.1. The van der Waals surface area contributed by atoms with Gasteiger partial charge in [0.05, 0.1) is 6.26 Å². The molecule has 0 unspecified atom stereocenters. The van der Waals surface area contributed by atoms with E-state index >= 15 is 0 Å². The molecule has 0 aliphatic rings. The van der Waals surface area contributed by atoms with E-state index in [1.807, 2.05) is 31.2 Å². The van der Waals surface area contributed by atoms with Crippen LogP contribution in [0.15, 0.2) is 48.7 Å². The van der Waals surface area contributed by atoms with Gasteiger partial charge in [-0.2, -0.15) is 4.39 Å². The highest BCUT2D eigenvalue weighted by Gasteiger charge is 2.15. The van der Waals surface area contributed by atoms with Gasteiger partial charge >= 0.3 is 0 Å². The Bertz CT molecular complexity index is 645.